The van der Waals surface area contributed by atoms with E-state index in [2.05, 4.69) is 0 Å². The Bertz CT molecular complexity index is 989. The molecule has 1 fully saturated rings. The molecule has 2 aromatic carbocycles. The summed E-state index contributed by atoms with van der Waals surface area (Å²) in [6.45, 7) is 2.33. The van der Waals surface area contributed by atoms with Crippen LogP contribution < -0.4 is 14.4 Å². The zero-order valence-corrected chi connectivity index (χ0v) is 18.5. The number of rotatable bonds is 7. The van der Waals surface area contributed by atoms with Crippen LogP contribution >= 0.6 is 0 Å². The van der Waals surface area contributed by atoms with E-state index in [-0.39, 0.29) is 16.9 Å². The van der Waals surface area contributed by atoms with Crippen LogP contribution in [-0.4, -0.2) is 56.6 Å². The van der Waals surface area contributed by atoms with Crippen molar-refractivity contribution in [2.45, 2.75) is 19.4 Å². The highest BCUT2D eigenvalue weighted by atomic mass is 16.5. The molecular formula is C24H28N2O5. The molecular weight excluding hydrogens is 396 g/mol. The van der Waals surface area contributed by atoms with Gasteiger partial charge in [-0.05, 0) is 36.2 Å². The first-order chi connectivity index (χ1) is 14.8. The first-order valence-corrected chi connectivity index (χ1v) is 10.1. The molecule has 7 nitrogen and oxygen atoms in total. The average molecular weight is 424 g/mol. The van der Waals surface area contributed by atoms with E-state index in [1.807, 2.05) is 50.2 Å². The predicted molar refractivity (Wildman–Crippen MR) is 120 cm³/mol. The normalized spacial score (nSPS) is 17.7. The number of benzene rings is 2. The fraction of sp³-hybridized carbons (Fsp3) is 0.333. The molecule has 1 atom stereocenters. The molecule has 7 heteroatoms. The van der Waals surface area contributed by atoms with Crippen molar-refractivity contribution in [2.24, 2.45) is 0 Å². The van der Waals surface area contributed by atoms with Crippen LogP contribution in [0.2, 0.25) is 0 Å². The van der Waals surface area contributed by atoms with Gasteiger partial charge in [0.25, 0.3) is 11.7 Å². The highest BCUT2D eigenvalue weighted by molar-refractivity contribution is 6.46. The second-order valence-corrected chi connectivity index (χ2v) is 7.52. The van der Waals surface area contributed by atoms with E-state index in [0.29, 0.717) is 24.5 Å². The quantitative estimate of drug-likeness (QED) is 0.416. The number of carbonyl (C=O) groups excluding carboxylic acids is 2. The van der Waals surface area contributed by atoms with Crippen molar-refractivity contribution in [3.05, 3.63) is 59.2 Å². The van der Waals surface area contributed by atoms with Crippen molar-refractivity contribution in [3.8, 4) is 11.5 Å². The molecule has 1 saturated heterocycles. The van der Waals surface area contributed by atoms with Gasteiger partial charge in [0.05, 0.1) is 25.8 Å². The van der Waals surface area contributed by atoms with Crippen LogP contribution in [0, 0.1) is 0 Å². The van der Waals surface area contributed by atoms with Crippen molar-refractivity contribution in [1.29, 1.82) is 0 Å². The lowest BCUT2D eigenvalue weighted by atomic mass is 9.94. The summed E-state index contributed by atoms with van der Waals surface area (Å²) in [6.07, 6.45) is 0.678. The summed E-state index contributed by atoms with van der Waals surface area (Å²) in [6, 6.07) is 12.0. The first kappa shape index (κ1) is 22.2. The first-order valence-electron chi connectivity index (χ1n) is 10.1. The number of aliphatic hydroxyl groups is 1. The Balaban J connectivity index is 2.25. The summed E-state index contributed by atoms with van der Waals surface area (Å²) < 4.78 is 10.8. The molecule has 1 N–H and O–H groups in total. The lowest BCUT2D eigenvalue weighted by molar-refractivity contribution is -0.139. The molecule has 0 bridgehead atoms. The molecule has 0 aliphatic carbocycles. The minimum absolute atomic E-state index is 0.0267. The van der Waals surface area contributed by atoms with E-state index in [1.165, 1.54) is 19.1 Å². The maximum Gasteiger partial charge on any atom is 0.295 e. The summed E-state index contributed by atoms with van der Waals surface area (Å²) >= 11 is 0. The Kier molecular flexibility index (Phi) is 6.53. The Hall–Kier alpha value is -3.48. The molecule has 31 heavy (non-hydrogen) atoms. The Morgan fingerprint density at radius 3 is 2.10 bits per heavy atom. The van der Waals surface area contributed by atoms with Gasteiger partial charge in [-0.15, -0.1) is 0 Å². The molecule has 0 radical (unpaired) electrons. The number of methoxy groups -OCH3 is 2. The number of amides is 1. The largest absolute Gasteiger partial charge is 0.506 e. The number of aliphatic hydroxyl groups excluding tert-OH is 1. The summed E-state index contributed by atoms with van der Waals surface area (Å²) in [7, 11) is 6.82. The van der Waals surface area contributed by atoms with Crippen LogP contribution in [0.4, 0.5) is 5.69 Å². The van der Waals surface area contributed by atoms with Gasteiger partial charge in [0, 0.05) is 26.3 Å². The number of anilines is 1. The monoisotopic (exact) mass is 424 g/mol. The SMILES string of the molecule is CCCN1C(=O)C(=O)/C(=C(/O)c2c(OC)cccc2OC)C1c1ccc(N(C)C)cc1. The van der Waals surface area contributed by atoms with E-state index in [4.69, 9.17) is 9.47 Å². The fourth-order valence-corrected chi connectivity index (χ4v) is 3.87. The van der Waals surface area contributed by atoms with Crippen molar-refractivity contribution >= 4 is 23.1 Å². The molecule has 1 amide bonds. The average Bonchev–Trinajstić information content (AvgIpc) is 3.03. The summed E-state index contributed by atoms with van der Waals surface area (Å²) in [5.41, 5.74) is 2.01. The molecule has 0 aromatic heterocycles. The van der Waals surface area contributed by atoms with Gasteiger partial charge in [-0.1, -0.05) is 25.1 Å². The highest BCUT2D eigenvalue weighted by Crippen LogP contribution is 2.43. The Morgan fingerprint density at radius 2 is 1.61 bits per heavy atom. The van der Waals surface area contributed by atoms with Crippen LogP contribution in [0.15, 0.2) is 48.0 Å². The Labute approximate surface area is 182 Å². The second kappa shape index (κ2) is 9.12. The summed E-state index contributed by atoms with van der Waals surface area (Å²) in [5, 5.41) is 11.3. The van der Waals surface area contributed by atoms with Gasteiger partial charge in [-0.25, -0.2) is 0 Å². The van der Waals surface area contributed by atoms with Gasteiger partial charge in [0.2, 0.25) is 0 Å². The van der Waals surface area contributed by atoms with E-state index in [0.717, 1.165) is 11.3 Å². The third kappa shape index (κ3) is 3.95. The molecule has 164 valence electrons. The van der Waals surface area contributed by atoms with Crippen LogP contribution in [0.1, 0.15) is 30.5 Å². The third-order valence-electron chi connectivity index (χ3n) is 5.39. The number of ketones is 1. The smallest absolute Gasteiger partial charge is 0.295 e. The highest BCUT2D eigenvalue weighted by Gasteiger charge is 2.46. The number of ether oxygens (including phenoxy) is 2. The maximum atomic E-state index is 13.1. The maximum absolute atomic E-state index is 13.1. The minimum atomic E-state index is -0.722. The van der Waals surface area contributed by atoms with Crippen LogP contribution in [0.3, 0.4) is 0 Å². The number of hydrogen-bond donors (Lipinski definition) is 1. The molecule has 1 aliphatic rings. The van der Waals surface area contributed by atoms with E-state index < -0.39 is 17.7 Å². The van der Waals surface area contributed by atoms with Crippen molar-refractivity contribution in [3.63, 3.8) is 0 Å². The van der Waals surface area contributed by atoms with Crippen molar-refractivity contribution < 1.29 is 24.2 Å². The molecule has 1 unspecified atom stereocenters. The van der Waals surface area contributed by atoms with Crippen LogP contribution in [-0.2, 0) is 9.59 Å². The van der Waals surface area contributed by atoms with Gasteiger partial charge in [-0.2, -0.15) is 0 Å². The van der Waals surface area contributed by atoms with Crippen molar-refractivity contribution in [1.82, 2.24) is 4.90 Å². The number of Topliss-reactive ketones (excluding diaryl/α,β-unsaturated/α-hetero) is 1. The van der Waals surface area contributed by atoms with E-state index >= 15 is 0 Å². The number of likely N-dealkylation sites (tertiary alicyclic amines) is 1. The molecule has 0 spiro atoms. The lowest BCUT2D eigenvalue weighted by Gasteiger charge is -2.25. The van der Waals surface area contributed by atoms with E-state index in [9.17, 15) is 14.7 Å². The van der Waals surface area contributed by atoms with Gasteiger partial charge >= 0.3 is 0 Å². The van der Waals surface area contributed by atoms with E-state index in [1.54, 1.807) is 18.2 Å². The molecule has 2 aromatic rings. The van der Waals surface area contributed by atoms with Gasteiger partial charge in [0.1, 0.15) is 22.8 Å². The van der Waals surface area contributed by atoms with Crippen LogP contribution in [0.5, 0.6) is 11.5 Å². The van der Waals surface area contributed by atoms with Gasteiger partial charge in [0.15, 0.2) is 0 Å². The standard InChI is InChI=1S/C24H28N2O5/c1-6-14-26-21(15-10-12-16(13-11-15)25(2)3)20(23(28)24(26)29)22(27)19-17(30-4)8-7-9-18(19)31-5/h7-13,21,27H,6,14H2,1-5H3/b22-20+. The van der Waals surface area contributed by atoms with Crippen LogP contribution in [0.25, 0.3) is 5.76 Å². The zero-order valence-electron chi connectivity index (χ0n) is 18.5. The number of carbonyl (C=O) groups is 2. The predicted octanol–water partition coefficient (Wildman–Crippen LogP) is 3.60. The second-order valence-electron chi connectivity index (χ2n) is 7.52. The third-order valence-corrected chi connectivity index (χ3v) is 5.39. The number of nitrogens with zero attached hydrogens (tertiary/aromatic N) is 2. The fourth-order valence-electron chi connectivity index (χ4n) is 3.87. The molecule has 3 rings (SSSR count). The summed E-state index contributed by atoms with van der Waals surface area (Å²) in [5.74, 6) is -0.965. The zero-order chi connectivity index (χ0) is 22.7. The molecule has 0 saturated carbocycles. The lowest BCUT2D eigenvalue weighted by Crippen LogP contribution is -2.30. The molecule has 1 aliphatic heterocycles. The van der Waals surface area contributed by atoms with Gasteiger partial charge in [-0.3, -0.25) is 9.59 Å². The summed E-state index contributed by atoms with van der Waals surface area (Å²) in [4.78, 5) is 29.4. The topological polar surface area (TPSA) is 79.3 Å². The van der Waals surface area contributed by atoms with Crippen molar-refractivity contribution in [2.75, 3.05) is 39.8 Å². The Morgan fingerprint density at radius 1 is 1.03 bits per heavy atom. The number of hydrogen-bond acceptors (Lipinski definition) is 6. The van der Waals surface area contributed by atoms with Gasteiger partial charge < -0.3 is 24.4 Å². The molecule has 1 heterocycles. The minimum Gasteiger partial charge on any atom is -0.506 e.